The number of rotatable bonds is 2. The lowest BCUT2D eigenvalue weighted by Crippen LogP contribution is -2.41. The maximum atomic E-state index is 11.7. The fourth-order valence-electron chi connectivity index (χ4n) is 2.76. The van der Waals surface area contributed by atoms with E-state index in [9.17, 15) is 8.42 Å². The summed E-state index contributed by atoms with van der Waals surface area (Å²) in [6.07, 6.45) is 2.10. The number of primary sulfonamides is 1. The molecule has 4 N–H and O–H groups in total. The van der Waals surface area contributed by atoms with Gasteiger partial charge in [-0.15, -0.1) is 0 Å². The van der Waals surface area contributed by atoms with Gasteiger partial charge in [0, 0.05) is 18.3 Å². The van der Waals surface area contributed by atoms with Gasteiger partial charge in [-0.3, -0.25) is 0 Å². The largest absolute Gasteiger partial charge is 0.399 e. The van der Waals surface area contributed by atoms with Gasteiger partial charge in [0.2, 0.25) is 10.0 Å². The molecule has 1 aromatic rings. The Hall–Kier alpha value is -1.27. The minimum absolute atomic E-state index is 0.119. The van der Waals surface area contributed by atoms with Crippen LogP contribution in [-0.4, -0.2) is 21.0 Å². The van der Waals surface area contributed by atoms with E-state index < -0.39 is 10.0 Å². The Labute approximate surface area is 114 Å². The highest BCUT2D eigenvalue weighted by Crippen LogP contribution is 2.33. The summed E-state index contributed by atoms with van der Waals surface area (Å²) < 4.78 is 23.4. The molecule has 2 atom stereocenters. The number of hydrogen-bond acceptors (Lipinski definition) is 4. The molecule has 1 aliphatic heterocycles. The molecule has 0 bridgehead atoms. The molecule has 0 aromatic heterocycles. The highest BCUT2D eigenvalue weighted by Gasteiger charge is 2.27. The maximum Gasteiger partial charge on any atom is 0.240 e. The van der Waals surface area contributed by atoms with Gasteiger partial charge >= 0.3 is 0 Å². The smallest absolute Gasteiger partial charge is 0.240 e. The minimum Gasteiger partial charge on any atom is -0.399 e. The molecule has 0 radical (unpaired) electrons. The van der Waals surface area contributed by atoms with Crippen molar-refractivity contribution >= 4 is 21.4 Å². The Morgan fingerprint density at radius 1 is 1.32 bits per heavy atom. The Morgan fingerprint density at radius 3 is 2.58 bits per heavy atom. The third-order valence-electron chi connectivity index (χ3n) is 3.74. The third kappa shape index (κ3) is 3.01. The zero-order valence-electron chi connectivity index (χ0n) is 11.3. The van der Waals surface area contributed by atoms with Gasteiger partial charge in [-0.2, -0.15) is 0 Å². The summed E-state index contributed by atoms with van der Waals surface area (Å²) in [5.74, 6) is 0.665. The number of anilines is 2. The van der Waals surface area contributed by atoms with Gasteiger partial charge in [0.05, 0.1) is 5.69 Å². The van der Waals surface area contributed by atoms with Gasteiger partial charge in [0.1, 0.15) is 4.90 Å². The Bertz CT molecular complexity index is 571. The van der Waals surface area contributed by atoms with Crippen molar-refractivity contribution in [3.05, 3.63) is 18.2 Å². The summed E-state index contributed by atoms with van der Waals surface area (Å²) in [6.45, 7) is 5.17. The second kappa shape index (κ2) is 5.02. The van der Waals surface area contributed by atoms with E-state index in [0.717, 1.165) is 19.4 Å². The van der Waals surface area contributed by atoms with Gasteiger partial charge < -0.3 is 10.6 Å². The van der Waals surface area contributed by atoms with Crippen LogP contribution in [0.15, 0.2) is 23.1 Å². The first-order valence-electron chi connectivity index (χ1n) is 6.48. The summed E-state index contributed by atoms with van der Waals surface area (Å²) >= 11 is 0. The van der Waals surface area contributed by atoms with E-state index in [2.05, 4.69) is 18.7 Å². The third-order valence-corrected chi connectivity index (χ3v) is 4.68. The lowest BCUT2D eigenvalue weighted by Gasteiger charge is -2.39. The molecule has 0 saturated carbocycles. The number of nitrogens with two attached hydrogens (primary N) is 2. The predicted molar refractivity (Wildman–Crippen MR) is 77.4 cm³/mol. The quantitative estimate of drug-likeness (QED) is 0.806. The molecular weight excluding hydrogens is 262 g/mol. The molecule has 1 saturated heterocycles. The monoisotopic (exact) mass is 283 g/mol. The molecule has 0 amide bonds. The number of nitrogen functional groups attached to an aromatic ring is 1. The van der Waals surface area contributed by atoms with Crippen LogP contribution in [0.5, 0.6) is 0 Å². The van der Waals surface area contributed by atoms with Crippen molar-refractivity contribution < 1.29 is 8.42 Å². The van der Waals surface area contributed by atoms with Crippen LogP contribution in [0.2, 0.25) is 0 Å². The molecular formula is C13H21N3O2S. The molecule has 6 heteroatoms. The highest BCUT2D eigenvalue weighted by atomic mass is 32.2. The zero-order valence-corrected chi connectivity index (χ0v) is 12.2. The van der Waals surface area contributed by atoms with Crippen LogP contribution < -0.4 is 15.8 Å². The van der Waals surface area contributed by atoms with Gasteiger partial charge in [-0.25, -0.2) is 13.6 Å². The molecule has 1 aromatic carbocycles. The molecule has 106 valence electrons. The normalized spacial score (nSPS) is 24.5. The van der Waals surface area contributed by atoms with Crippen LogP contribution >= 0.6 is 0 Å². The van der Waals surface area contributed by atoms with Crippen LogP contribution in [0, 0.1) is 5.92 Å². The van der Waals surface area contributed by atoms with E-state index in [1.165, 1.54) is 6.07 Å². The van der Waals surface area contributed by atoms with Crippen molar-refractivity contribution in [3.8, 4) is 0 Å². The Kier molecular flexibility index (Phi) is 3.73. The molecule has 5 nitrogen and oxygen atoms in total. The molecule has 0 aliphatic carbocycles. The van der Waals surface area contributed by atoms with Crippen LogP contribution in [0.1, 0.15) is 26.7 Å². The van der Waals surface area contributed by atoms with Crippen molar-refractivity contribution in [2.45, 2.75) is 37.6 Å². The van der Waals surface area contributed by atoms with Gasteiger partial charge in [0.25, 0.3) is 0 Å². The first-order valence-corrected chi connectivity index (χ1v) is 8.02. The van der Waals surface area contributed by atoms with Gasteiger partial charge in [0.15, 0.2) is 0 Å². The topological polar surface area (TPSA) is 89.4 Å². The van der Waals surface area contributed by atoms with Crippen LogP contribution in [0.4, 0.5) is 11.4 Å². The average molecular weight is 283 g/mol. The van der Waals surface area contributed by atoms with Crippen molar-refractivity contribution in [1.29, 1.82) is 0 Å². The summed E-state index contributed by atoms with van der Waals surface area (Å²) in [5.41, 5.74) is 6.74. The van der Waals surface area contributed by atoms with Gasteiger partial charge in [-0.1, -0.05) is 6.92 Å². The van der Waals surface area contributed by atoms with E-state index in [1.54, 1.807) is 12.1 Å². The maximum absolute atomic E-state index is 11.7. The summed E-state index contributed by atoms with van der Waals surface area (Å²) in [6, 6.07) is 5.21. The number of sulfonamides is 1. The van der Waals surface area contributed by atoms with Gasteiger partial charge in [-0.05, 0) is 43.9 Å². The SMILES string of the molecule is CC1CCN(c2ccc(N)cc2S(N)(=O)=O)C(C)C1. The highest BCUT2D eigenvalue weighted by molar-refractivity contribution is 7.89. The van der Waals surface area contributed by atoms with E-state index in [1.807, 2.05) is 0 Å². The number of benzene rings is 1. The van der Waals surface area contributed by atoms with Crippen molar-refractivity contribution in [1.82, 2.24) is 0 Å². The summed E-state index contributed by atoms with van der Waals surface area (Å²) in [4.78, 5) is 2.23. The Morgan fingerprint density at radius 2 is 2.00 bits per heavy atom. The predicted octanol–water partition coefficient (Wildman–Crippen LogP) is 1.54. The number of piperidine rings is 1. The zero-order chi connectivity index (χ0) is 14.2. The molecule has 1 heterocycles. The van der Waals surface area contributed by atoms with E-state index in [4.69, 9.17) is 10.9 Å². The lowest BCUT2D eigenvalue weighted by atomic mass is 9.93. The minimum atomic E-state index is -3.76. The molecule has 19 heavy (non-hydrogen) atoms. The van der Waals surface area contributed by atoms with Crippen molar-refractivity contribution in [2.75, 3.05) is 17.2 Å². The average Bonchev–Trinajstić information content (AvgIpc) is 2.28. The standard InChI is InChI=1S/C13H21N3O2S/c1-9-5-6-16(10(2)7-9)12-4-3-11(14)8-13(12)19(15,17)18/h3-4,8-10H,5-7,14H2,1-2H3,(H2,15,17,18). The van der Waals surface area contributed by atoms with E-state index in [-0.39, 0.29) is 4.90 Å². The van der Waals surface area contributed by atoms with Crippen LogP contribution in [0.25, 0.3) is 0 Å². The first kappa shape index (κ1) is 14.1. The molecule has 2 rings (SSSR count). The van der Waals surface area contributed by atoms with Crippen LogP contribution in [-0.2, 0) is 10.0 Å². The summed E-state index contributed by atoms with van der Waals surface area (Å²) in [5, 5.41) is 5.30. The van der Waals surface area contributed by atoms with Crippen LogP contribution in [0.3, 0.4) is 0 Å². The van der Waals surface area contributed by atoms with E-state index >= 15 is 0 Å². The number of nitrogens with zero attached hydrogens (tertiary/aromatic N) is 1. The number of hydrogen-bond donors (Lipinski definition) is 2. The first-order chi connectivity index (χ1) is 8.79. The Balaban J connectivity index is 2.45. The van der Waals surface area contributed by atoms with E-state index in [0.29, 0.717) is 23.3 Å². The van der Waals surface area contributed by atoms with Crippen molar-refractivity contribution in [2.24, 2.45) is 11.1 Å². The molecule has 1 aliphatic rings. The lowest BCUT2D eigenvalue weighted by molar-refractivity contribution is 0.376. The molecule has 0 spiro atoms. The second-order valence-electron chi connectivity index (χ2n) is 5.44. The molecule has 2 unspecified atom stereocenters. The molecule has 1 fully saturated rings. The fourth-order valence-corrected chi connectivity index (χ4v) is 3.54. The second-order valence-corrected chi connectivity index (χ2v) is 6.97. The summed E-state index contributed by atoms with van der Waals surface area (Å²) in [7, 11) is -3.76. The van der Waals surface area contributed by atoms with Crippen molar-refractivity contribution in [3.63, 3.8) is 0 Å². The fraction of sp³-hybridized carbons (Fsp3) is 0.538.